The van der Waals surface area contributed by atoms with E-state index in [0.717, 1.165) is 28.4 Å². The lowest BCUT2D eigenvalue weighted by molar-refractivity contribution is 0.0976. The van der Waals surface area contributed by atoms with Crippen molar-refractivity contribution in [1.82, 2.24) is 15.1 Å². The van der Waals surface area contributed by atoms with E-state index in [2.05, 4.69) is 20.7 Å². The molecule has 0 radical (unpaired) electrons. The Hall–Kier alpha value is -4.01. The molecule has 0 bridgehead atoms. The highest BCUT2D eigenvalue weighted by molar-refractivity contribution is 6.10. The van der Waals surface area contributed by atoms with E-state index in [4.69, 9.17) is 14.2 Å². The Morgan fingerprint density at radius 2 is 1.71 bits per heavy atom. The van der Waals surface area contributed by atoms with Crippen molar-refractivity contribution >= 4 is 17.6 Å². The number of amides is 1. The first-order chi connectivity index (χ1) is 16.9. The zero-order valence-electron chi connectivity index (χ0n) is 21.1. The monoisotopic (exact) mass is 479 g/mol. The van der Waals surface area contributed by atoms with Gasteiger partial charge in [0.25, 0.3) is 5.91 Å². The van der Waals surface area contributed by atoms with E-state index >= 15 is 0 Å². The smallest absolute Gasteiger partial charge is 0.258 e. The van der Waals surface area contributed by atoms with Crippen LogP contribution in [0.5, 0.6) is 17.2 Å². The molecule has 0 aliphatic rings. The molecule has 0 atom stereocenters. The van der Waals surface area contributed by atoms with Crippen LogP contribution in [-0.4, -0.2) is 42.0 Å². The van der Waals surface area contributed by atoms with Gasteiger partial charge in [0, 0.05) is 29.6 Å². The molecule has 35 heavy (non-hydrogen) atoms. The van der Waals surface area contributed by atoms with Crippen molar-refractivity contribution in [3.05, 3.63) is 65.0 Å². The molecule has 0 spiro atoms. The fraction of sp³-hybridized carbons (Fsp3) is 0.346. The second-order valence-corrected chi connectivity index (χ2v) is 7.77. The third kappa shape index (κ3) is 6.53. The molecule has 2 aromatic carbocycles. The van der Waals surface area contributed by atoms with E-state index < -0.39 is 0 Å². The number of benzene rings is 2. The Kier molecular flexibility index (Phi) is 8.72. The number of guanidine groups is 1. The van der Waals surface area contributed by atoms with Crippen molar-refractivity contribution in [1.29, 1.82) is 0 Å². The quantitative estimate of drug-likeness (QED) is 0.352. The fourth-order valence-electron chi connectivity index (χ4n) is 3.50. The molecule has 3 aromatic rings. The van der Waals surface area contributed by atoms with Gasteiger partial charge in [-0.1, -0.05) is 0 Å². The first-order valence-electron chi connectivity index (χ1n) is 11.5. The zero-order valence-corrected chi connectivity index (χ0v) is 21.1. The highest BCUT2D eigenvalue weighted by Crippen LogP contribution is 2.28. The van der Waals surface area contributed by atoms with Gasteiger partial charge in [0.1, 0.15) is 5.75 Å². The van der Waals surface area contributed by atoms with Gasteiger partial charge in [-0.3, -0.25) is 14.8 Å². The molecular weight excluding hydrogens is 446 g/mol. The van der Waals surface area contributed by atoms with Gasteiger partial charge in [-0.15, -0.1) is 0 Å². The van der Waals surface area contributed by atoms with E-state index in [1.54, 1.807) is 25.3 Å². The van der Waals surface area contributed by atoms with Crippen molar-refractivity contribution in [2.75, 3.05) is 25.6 Å². The van der Waals surface area contributed by atoms with Gasteiger partial charge >= 0.3 is 0 Å². The lowest BCUT2D eigenvalue weighted by Crippen LogP contribution is -2.36. The third-order valence-corrected chi connectivity index (χ3v) is 5.44. The van der Waals surface area contributed by atoms with Crippen molar-refractivity contribution in [3.8, 4) is 17.2 Å². The number of hydrogen-bond donors (Lipinski definition) is 2. The Balaban J connectivity index is 1.87. The molecule has 1 amide bonds. The number of ether oxygens (including phenoxy) is 3. The molecule has 186 valence electrons. The van der Waals surface area contributed by atoms with Crippen molar-refractivity contribution in [2.24, 2.45) is 12.0 Å². The molecule has 1 aromatic heterocycles. The third-order valence-electron chi connectivity index (χ3n) is 5.44. The molecule has 0 saturated carbocycles. The van der Waals surface area contributed by atoms with Crippen molar-refractivity contribution in [2.45, 2.75) is 34.2 Å². The molecular formula is C26H33N5O4. The van der Waals surface area contributed by atoms with E-state index in [0.29, 0.717) is 42.8 Å². The summed E-state index contributed by atoms with van der Waals surface area (Å²) >= 11 is 0. The van der Waals surface area contributed by atoms with E-state index in [-0.39, 0.29) is 5.91 Å². The lowest BCUT2D eigenvalue weighted by atomic mass is 10.2. The topological polar surface area (TPSA) is 99.0 Å². The van der Waals surface area contributed by atoms with Crippen LogP contribution in [0.3, 0.4) is 0 Å². The molecule has 0 aliphatic carbocycles. The molecule has 0 aliphatic heterocycles. The summed E-state index contributed by atoms with van der Waals surface area (Å²) in [5.74, 6) is 1.84. The van der Waals surface area contributed by atoms with Gasteiger partial charge in [0.2, 0.25) is 5.96 Å². The maximum Gasteiger partial charge on any atom is 0.258 e. The Labute approximate surface area is 206 Å². The average Bonchev–Trinajstić information content (AvgIpc) is 3.09. The minimum Gasteiger partial charge on any atom is -0.497 e. The van der Waals surface area contributed by atoms with Crippen LogP contribution in [0.25, 0.3) is 0 Å². The number of rotatable bonds is 9. The number of methoxy groups -OCH3 is 1. The minimum atomic E-state index is -0.326. The highest BCUT2D eigenvalue weighted by atomic mass is 16.5. The predicted octanol–water partition coefficient (Wildman–Crippen LogP) is 4.24. The number of aromatic nitrogens is 2. The second kappa shape index (κ2) is 11.9. The number of aryl methyl sites for hydroxylation is 2. The number of anilines is 1. The summed E-state index contributed by atoms with van der Waals surface area (Å²) < 4.78 is 18.3. The van der Waals surface area contributed by atoms with E-state index in [9.17, 15) is 4.79 Å². The fourth-order valence-corrected chi connectivity index (χ4v) is 3.50. The molecule has 2 N–H and O–H groups in total. The van der Waals surface area contributed by atoms with E-state index in [1.165, 1.54) is 0 Å². The Morgan fingerprint density at radius 3 is 2.31 bits per heavy atom. The summed E-state index contributed by atoms with van der Waals surface area (Å²) in [5.41, 5.74) is 4.11. The standard InChI is InChI=1S/C26H33N5O4/c1-7-34-23-14-9-19(15-24(23)35-8-2)25(32)29-26(28-20-10-12-21(33-6)13-11-20)27-16-22-17(3)30-31(5)18(22)4/h9-15H,7-8,16H2,1-6H3,(H2,27,28,29,32). The summed E-state index contributed by atoms with van der Waals surface area (Å²) in [6, 6.07) is 12.5. The number of nitrogens with one attached hydrogen (secondary N) is 2. The van der Waals surface area contributed by atoms with Crippen LogP contribution >= 0.6 is 0 Å². The molecule has 3 rings (SSSR count). The average molecular weight is 480 g/mol. The van der Waals surface area contributed by atoms with Crippen LogP contribution in [0, 0.1) is 13.8 Å². The zero-order chi connectivity index (χ0) is 25.4. The Morgan fingerprint density at radius 1 is 1.03 bits per heavy atom. The summed E-state index contributed by atoms with van der Waals surface area (Å²) in [6.07, 6.45) is 0. The van der Waals surface area contributed by atoms with Gasteiger partial charge in [0.05, 0.1) is 32.6 Å². The molecule has 0 saturated heterocycles. The first-order valence-corrected chi connectivity index (χ1v) is 11.5. The molecule has 9 nitrogen and oxygen atoms in total. The van der Waals surface area contributed by atoms with Gasteiger partial charge < -0.3 is 19.5 Å². The van der Waals surface area contributed by atoms with Gasteiger partial charge in [-0.25, -0.2) is 4.99 Å². The molecule has 1 heterocycles. The number of hydrogen-bond acceptors (Lipinski definition) is 6. The van der Waals surface area contributed by atoms with Crippen LogP contribution < -0.4 is 24.8 Å². The number of nitrogens with zero attached hydrogens (tertiary/aromatic N) is 3. The number of carbonyl (C=O) groups is 1. The summed E-state index contributed by atoms with van der Waals surface area (Å²) in [5, 5.41) is 10.5. The minimum absolute atomic E-state index is 0.315. The van der Waals surface area contributed by atoms with Gasteiger partial charge in [0.15, 0.2) is 11.5 Å². The van der Waals surface area contributed by atoms with Crippen molar-refractivity contribution in [3.63, 3.8) is 0 Å². The predicted molar refractivity (Wildman–Crippen MR) is 137 cm³/mol. The first kappa shape index (κ1) is 25.6. The van der Waals surface area contributed by atoms with Crippen LogP contribution in [0.15, 0.2) is 47.5 Å². The molecule has 0 fully saturated rings. The highest BCUT2D eigenvalue weighted by Gasteiger charge is 2.15. The van der Waals surface area contributed by atoms with Gasteiger partial charge in [-0.2, -0.15) is 5.10 Å². The summed E-state index contributed by atoms with van der Waals surface area (Å²) in [4.78, 5) is 17.8. The summed E-state index contributed by atoms with van der Waals surface area (Å²) in [7, 11) is 3.51. The van der Waals surface area contributed by atoms with Crippen LogP contribution in [0.1, 0.15) is 41.2 Å². The maximum absolute atomic E-state index is 13.2. The van der Waals surface area contributed by atoms with Crippen LogP contribution in [0.4, 0.5) is 5.69 Å². The largest absolute Gasteiger partial charge is 0.497 e. The van der Waals surface area contributed by atoms with E-state index in [1.807, 2.05) is 63.7 Å². The normalized spacial score (nSPS) is 11.2. The lowest BCUT2D eigenvalue weighted by Gasteiger charge is -2.14. The van der Waals surface area contributed by atoms with Crippen molar-refractivity contribution < 1.29 is 19.0 Å². The maximum atomic E-state index is 13.2. The van der Waals surface area contributed by atoms with Crippen LogP contribution in [-0.2, 0) is 13.6 Å². The SMILES string of the molecule is CCOc1ccc(C(=O)NC(=NCc2c(C)nn(C)c2C)Nc2ccc(OC)cc2)cc1OCC. The molecule has 9 heteroatoms. The number of aliphatic imine (C=N–C) groups is 1. The second-order valence-electron chi connectivity index (χ2n) is 7.77. The Bertz CT molecular complexity index is 1190. The summed E-state index contributed by atoms with van der Waals surface area (Å²) in [6.45, 7) is 9.04. The number of carbonyl (C=O) groups excluding carboxylic acids is 1. The molecule has 0 unspecified atom stereocenters. The van der Waals surface area contributed by atoms with Crippen LogP contribution in [0.2, 0.25) is 0 Å². The van der Waals surface area contributed by atoms with Gasteiger partial charge in [-0.05, 0) is 70.2 Å².